The molecule has 1 amide bonds. The van der Waals surface area contributed by atoms with Gasteiger partial charge >= 0.3 is 10.8 Å². The van der Waals surface area contributed by atoms with Crippen molar-refractivity contribution in [2.75, 3.05) is 0 Å². The van der Waals surface area contributed by atoms with Crippen LogP contribution in [-0.2, 0) is 16.1 Å². The predicted octanol–water partition coefficient (Wildman–Crippen LogP) is 0.474. The Hall–Kier alpha value is -1.89. The Labute approximate surface area is 101 Å². The normalized spacial score (nSPS) is 11.9. The van der Waals surface area contributed by atoms with E-state index in [-0.39, 0.29) is 22.6 Å². The summed E-state index contributed by atoms with van der Waals surface area (Å²) in [7, 11) is 0. The van der Waals surface area contributed by atoms with Gasteiger partial charge < -0.3 is 15.4 Å². The number of H-pyrrole nitrogens is 1. The van der Waals surface area contributed by atoms with Gasteiger partial charge in [0.25, 0.3) is 0 Å². The third kappa shape index (κ3) is 3.56. The highest BCUT2D eigenvalue weighted by atomic mass is 32.1. The van der Waals surface area contributed by atoms with Gasteiger partial charge in [0.1, 0.15) is 0 Å². The van der Waals surface area contributed by atoms with Crippen molar-refractivity contribution in [3.05, 3.63) is 31.9 Å². The van der Waals surface area contributed by atoms with Crippen molar-refractivity contribution in [3.8, 4) is 0 Å². The summed E-state index contributed by atoms with van der Waals surface area (Å²) in [6, 6.07) is 0. The number of thiazole rings is 1. The van der Waals surface area contributed by atoms with Gasteiger partial charge in [-0.05, 0) is 13.8 Å². The van der Waals surface area contributed by atoms with Crippen LogP contribution in [-0.4, -0.2) is 22.0 Å². The van der Waals surface area contributed by atoms with Gasteiger partial charge in [0.05, 0.1) is 6.54 Å². The van der Waals surface area contributed by atoms with E-state index in [9.17, 15) is 14.4 Å². The van der Waals surface area contributed by atoms with Crippen LogP contribution in [0, 0.1) is 0 Å². The molecule has 17 heavy (non-hydrogen) atoms. The van der Waals surface area contributed by atoms with E-state index in [0.29, 0.717) is 5.69 Å². The van der Waals surface area contributed by atoms with E-state index < -0.39 is 11.9 Å². The number of hydrogen-bond acceptors (Lipinski definition) is 4. The minimum absolute atomic E-state index is 0.00121. The molecule has 0 aromatic carbocycles. The quantitative estimate of drug-likeness (QED) is 0.682. The second-order valence-corrected chi connectivity index (χ2v) is 4.25. The molecular formula is C10H12N2O4S. The number of amides is 1. The topological polar surface area (TPSA) is 99.3 Å². The van der Waals surface area contributed by atoms with Crippen molar-refractivity contribution < 1.29 is 14.7 Å². The van der Waals surface area contributed by atoms with Gasteiger partial charge in [0.15, 0.2) is 0 Å². The summed E-state index contributed by atoms with van der Waals surface area (Å²) in [4.78, 5) is 35.4. The number of nitrogens with one attached hydrogen (secondary N) is 2. The molecule has 0 bridgehead atoms. The Morgan fingerprint density at radius 3 is 2.53 bits per heavy atom. The third-order valence-corrected chi connectivity index (χ3v) is 2.95. The van der Waals surface area contributed by atoms with Crippen LogP contribution in [0.1, 0.15) is 19.5 Å². The molecule has 0 aliphatic heterocycles. The van der Waals surface area contributed by atoms with Crippen LogP contribution in [0.5, 0.6) is 0 Å². The fraction of sp³-hybridized carbons (Fsp3) is 0.300. The molecule has 0 atom stereocenters. The van der Waals surface area contributed by atoms with Gasteiger partial charge in [-0.2, -0.15) is 0 Å². The Morgan fingerprint density at radius 1 is 1.41 bits per heavy atom. The fourth-order valence-electron chi connectivity index (χ4n) is 1.04. The molecule has 0 spiro atoms. The number of aliphatic carboxylic acids is 1. The molecule has 0 aliphatic rings. The van der Waals surface area contributed by atoms with E-state index in [4.69, 9.17) is 5.11 Å². The zero-order chi connectivity index (χ0) is 13.0. The highest BCUT2D eigenvalue weighted by Crippen LogP contribution is 2.04. The number of aromatic amines is 1. The number of aromatic nitrogens is 1. The van der Waals surface area contributed by atoms with Gasteiger partial charge in [-0.25, -0.2) is 4.79 Å². The zero-order valence-corrected chi connectivity index (χ0v) is 10.2. The first-order valence-electron chi connectivity index (χ1n) is 4.77. The zero-order valence-electron chi connectivity index (χ0n) is 9.36. The number of carboxylic acid groups (broad SMARTS) is 1. The molecule has 6 nitrogen and oxygen atoms in total. The van der Waals surface area contributed by atoms with Crippen LogP contribution in [0.3, 0.4) is 0 Å². The number of carbonyl (C=O) groups is 2. The first-order valence-corrected chi connectivity index (χ1v) is 5.65. The summed E-state index contributed by atoms with van der Waals surface area (Å²) >= 11 is 1.01. The molecule has 7 heteroatoms. The van der Waals surface area contributed by atoms with Crippen LogP contribution in [0.15, 0.2) is 21.3 Å². The third-order valence-electron chi connectivity index (χ3n) is 2.23. The lowest BCUT2D eigenvalue weighted by atomic mass is 10.1. The number of carboxylic acids is 1. The summed E-state index contributed by atoms with van der Waals surface area (Å²) in [6.07, 6.45) is 0. The molecular weight excluding hydrogens is 244 g/mol. The Balaban J connectivity index is 2.65. The van der Waals surface area contributed by atoms with Gasteiger partial charge in [-0.3, -0.25) is 9.59 Å². The second-order valence-electron chi connectivity index (χ2n) is 3.41. The Morgan fingerprint density at radius 2 is 2.06 bits per heavy atom. The van der Waals surface area contributed by atoms with Crippen LogP contribution < -0.4 is 10.2 Å². The van der Waals surface area contributed by atoms with E-state index in [1.807, 2.05) is 0 Å². The van der Waals surface area contributed by atoms with Crippen molar-refractivity contribution in [1.29, 1.82) is 0 Å². The summed E-state index contributed by atoms with van der Waals surface area (Å²) in [6.45, 7) is 2.97. The predicted molar refractivity (Wildman–Crippen MR) is 62.8 cm³/mol. The van der Waals surface area contributed by atoms with Crippen LogP contribution in [0.2, 0.25) is 0 Å². The number of rotatable bonds is 4. The van der Waals surface area contributed by atoms with Crippen molar-refractivity contribution in [3.63, 3.8) is 0 Å². The van der Waals surface area contributed by atoms with Gasteiger partial charge in [0.2, 0.25) is 5.91 Å². The van der Waals surface area contributed by atoms with Crippen molar-refractivity contribution in [2.45, 2.75) is 20.4 Å². The molecule has 1 heterocycles. The first kappa shape index (κ1) is 13.2. The highest BCUT2D eigenvalue weighted by Gasteiger charge is 2.12. The van der Waals surface area contributed by atoms with Gasteiger partial charge in [-0.15, -0.1) is 0 Å². The van der Waals surface area contributed by atoms with E-state index in [1.165, 1.54) is 13.8 Å². The monoisotopic (exact) mass is 256 g/mol. The van der Waals surface area contributed by atoms with Crippen molar-refractivity contribution in [1.82, 2.24) is 10.3 Å². The molecule has 0 radical (unpaired) electrons. The van der Waals surface area contributed by atoms with Crippen LogP contribution in [0.25, 0.3) is 0 Å². The van der Waals surface area contributed by atoms with Crippen molar-refractivity contribution in [2.24, 2.45) is 0 Å². The number of carbonyl (C=O) groups excluding carboxylic acids is 1. The average Bonchev–Trinajstić information content (AvgIpc) is 2.69. The molecule has 0 aliphatic carbocycles. The lowest BCUT2D eigenvalue weighted by molar-refractivity contribution is -0.133. The molecule has 3 N–H and O–H groups in total. The number of hydrogen-bond donors (Lipinski definition) is 3. The van der Waals surface area contributed by atoms with Crippen molar-refractivity contribution >= 4 is 23.2 Å². The molecule has 0 unspecified atom stereocenters. The molecule has 0 saturated heterocycles. The lowest BCUT2D eigenvalue weighted by Crippen LogP contribution is -2.25. The first-order chi connectivity index (χ1) is 7.91. The maximum atomic E-state index is 11.5. The van der Waals surface area contributed by atoms with Crippen LogP contribution >= 0.6 is 11.3 Å². The maximum Gasteiger partial charge on any atom is 0.331 e. The largest absolute Gasteiger partial charge is 0.478 e. The molecule has 0 fully saturated rings. The smallest absolute Gasteiger partial charge is 0.331 e. The van der Waals surface area contributed by atoms with Gasteiger partial charge in [-0.1, -0.05) is 11.3 Å². The SMILES string of the molecule is CC(C(=O)O)=C(C)C(=O)NCc1csc(=O)[nH]1. The van der Waals surface area contributed by atoms with E-state index >= 15 is 0 Å². The lowest BCUT2D eigenvalue weighted by Gasteiger charge is -2.05. The molecule has 1 rings (SSSR count). The average molecular weight is 256 g/mol. The Kier molecular flexibility index (Phi) is 4.22. The Bertz CT molecular complexity index is 526. The van der Waals surface area contributed by atoms with Gasteiger partial charge in [0, 0.05) is 22.2 Å². The summed E-state index contributed by atoms with van der Waals surface area (Å²) in [5, 5.41) is 12.8. The van der Waals surface area contributed by atoms with E-state index in [0.717, 1.165) is 11.3 Å². The molecule has 0 saturated carbocycles. The summed E-state index contributed by atoms with van der Waals surface area (Å²) in [5.74, 6) is -1.58. The minimum Gasteiger partial charge on any atom is -0.478 e. The summed E-state index contributed by atoms with van der Waals surface area (Å²) in [5.41, 5.74) is 0.741. The summed E-state index contributed by atoms with van der Waals surface area (Å²) < 4.78 is 0. The fourth-order valence-corrected chi connectivity index (χ4v) is 1.62. The standard InChI is InChI=1S/C10H12N2O4S/c1-5(6(2)9(14)15)8(13)11-3-7-4-17-10(16)12-7/h4H,3H2,1-2H3,(H,11,13)(H,12,16)(H,14,15). The highest BCUT2D eigenvalue weighted by molar-refractivity contribution is 7.07. The minimum atomic E-state index is -1.12. The van der Waals surface area contributed by atoms with E-state index in [1.54, 1.807) is 5.38 Å². The molecule has 92 valence electrons. The maximum absolute atomic E-state index is 11.5. The molecule has 1 aromatic heterocycles. The van der Waals surface area contributed by atoms with Crippen LogP contribution in [0.4, 0.5) is 0 Å². The van der Waals surface area contributed by atoms with E-state index in [2.05, 4.69) is 10.3 Å². The molecule has 1 aromatic rings. The second kappa shape index (κ2) is 5.44.